The summed E-state index contributed by atoms with van der Waals surface area (Å²) in [4.78, 5) is 0.328. The number of sulfonamides is 1. The molecule has 0 saturated carbocycles. The molecule has 1 saturated heterocycles. The average Bonchev–Trinajstić information content (AvgIpc) is 3.05. The van der Waals surface area contributed by atoms with Gasteiger partial charge >= 0.3 is 0 Å². The van der Waals surface area contributed by atoms with E-state index in [1.807, 2.05) is 39.0 Å². The molecule has 1 atom stereocenters. The second-order valence-electron chi connectivity index (χ2n) is 6.81. The number of rotatable bonds is 6. The van der Waals surface area contributed by atoms with E-state index in [2.05, 4.69) is 4.72 Å². The first kappa shape index (κ1) is 18.7. The Morgan fingerprint density at radius 3 is 2.54 bits per heavy atom. The van der Waals surface area contributed by atoms with Crippen molar-refractivity contribution in [1.82, 2.24) is 0 Å². The monoisotopic (exact) mass is 375 g/mol. The first-order valence-electron chi connectivity index (χ1n) is 8.80. The van der Waals surface area contributed by atoms with Gasteiger partial charge in [0.25, 0.3) is 10.0 Å². The van der Waals surface area contributed by atoms with Gasteiger partial charge in [-0.2, -0.15) is 0 Å². The zero-order valence-corrected chi connectivity index (χ0v) is 16.2. The van der Waals surface area contributed by atoms with Crippen LogP contribution in [0.5, 0.6) is 5.75 Å². The maximum absolute atomic E-state index is 12.9. The van der Waals surface area contributed by atoms with Gasteiger partial charge in [-0.1, -0.05) is 23.8 Å². The van der Waals surface area contributed by atoms with E-state index in [0.29, 0.717) is 22.9 Å². The fourth-order valence-corrected chi connectivity index (χ4v) is 4.92. The van der Waals surface area contributed by atoms with E-state index in [1.54, 1.807) is 18.2 Å². The highest BCUT2D eigenvalue weighted by molar-refractivity contribution is 7.92. The summed E-state index contributed by atoms with van der Waals surface area (Å²) in [6.07, 6.45) is 2.18. The predicted molar refractivity (Wildman–Crippen MR) is 102 cm³/mol. The quantitative estimate of drug-likeness (QED) is 0.830. The third-order valence-electron chi connectivity index (χ3n) is 4.42. The second kappa shape index (κ2) is 7.68. The highest BCUT2D eigenvalue weighted by atomic mass is 32.2. The Bertz CT molecular complexity index is 863. The van der Waals surface area contributed by atoms with Crippen molar-refractivity contribution in [3.05, 3.63) is 53.1 Å². The van der Waals surface area contributed by atoms with Gasteiger partial charge in [0.2, 0.25) is 0 Å². The van der Waals surface area contributed by atoms with Crippen LogP contribution >= 0.6 is 0 Å². The van der Waals surface area contributed by atoms with Crippen LogP contribution in [-0.2, 0) is 14.8 Å². The number of benzene rings is 2. The van der Waals surface area contributed by atoms with Gasteiger partial charge in [-0.25, -0.2) is 8.42 Å². The van der Waals surface area contributed by atoms with Gasteiger partial charge in [0.05, 0.1) is 16.7 Å². The molecule has 2 aromatic carbocycles. The lowest BCUT2D eigenvalue weighted by atomic mass is 10.1. The minimum atomic E-state index is -3.67. The molecule has 1 aliphatic heterocycles. The number of anilines is 1. The second-order valence-corrected chi connectivity index (χ2v) is 8.43. The lowest BCUT2D eigenvalue weighted by Gasteiger charge is -2.15. The molecule has 1 heterocycles. The van der Waals surface area contributed by atoms with Crippen LogP contribution in [0, 0.1) is 20.8 Å². The maximum Gasteiger partial charge on any atom is 0.262 e. The smallest absolute Gasteiger partial charge is 0.262 e. The number of nitrogens with one attached hydrogen (secondary N) is 1. The summed E-state index contributed by atoms with van der Waals surface area (Å²) in [7, 11) is -3.67. The molecule has 26 heavy (non-hydrogen) atoms. The molecule has 2 aromatic rings. The van der Waals surface area contributed by atoms with Crippen LogP contribution in [0.15, 0.2) is 41.3 Å². The van der Waals surface area contributed by atoms with Gasteiger partial charge in [0.15, 0.2) is 0 Å². The molecule has 0 amide bonds. The van der Waals surface area contributed by atoms with Crippen molar-refractivity contribution in [2.75, 3.05) is 17.9 Å². The van der Waals surface area contributed by atoms with Gasteiger partial charge < -0.3 is 9.47 Å². The highest BCUT2D eigenvalue weighted by Crippen LogP contribution is 2.26. The first-order chi connectivity index (χ1) is 12.3. The van der Waals surface area contributed by atoms with Crippen LogP contribution < -0.4 is 9.46 Å². The molecule has 1 aliphatic rings. The lowest BCUT2D eigenvalue weighted by Crippen LogP contribution is -2.17. The van der Waals surface area contributed by atoms with Crippen molar-refractivity contribution in [3.8, 4) is 5.75 Å². The molecule has 0 radical (unpaired) electrons. The van der Waals surface area contributed by atoms with Crippen molar-refractivity contribution >= 4 is 15.7 Å². The third-order valence-corrected chi connectivity index (χ3v) is 6.11. The van der Waals surface area contributed by atoms with Crippen LogP contribution in [0.4, 0.5) is 5.69 Å². The molecular weight excluding hydrogens is 350 g/mol. The van der Waals surface area contributed by atoms with Crippen LogP contribution in [0.25, 0.3) is 0 Å². The number of hydrogen-bond donors (Lipinski definition) is 1. The normalized spacial score (nSPS) is 17.3. The zero-order valence-electron chi connectivity index (χ0n) is 15.4. The van der Waals surface area contributed by atoms with Crippen molar-refractivity contribution in [2.45, 2.75) is 44.6 Å². The molecule has 0 bridgehead atoms. The van der Waals surface area contributed by atoms with Crippen LogP contribution in [-0.4, -0.2) is 27.7 Å². The molecule has 0 unspecified atom stereocenters. The summed E-state index contributed by atoms with van der Waals surface area (Å²) in [6.45, 7) is 6.85. The standard InChI is InChI=1S/C20H25NO4S/c1-14-10-15(2)20(16(3)11-14)26(22,23)21-17-6-4-7-18(12-17)25-13-19-8-5-9-24-19/h4,6-7,10-12,19,21H,5,8-9,13H2,1-3H3/t19-/m1/s1. The van der Waals surface area contributed by atoms with Crippen molar-refractivity contribution < 1.29 is 17.9 Å². The minimum Gasteiger partial charge on any atom is -0.491 e. The molecule has 0 spiro atoms. The van der Waals surface area contributed by atoms with Gasteiger partial charge in [-0.05, 0) is 56.9 Å². The zero-order chi connectivity index (χ0) is 18.7. The highest BCUT2D eigenvalue weighted by Gasteiger charge is 2.20. The van der Waals surface area contributed by atoms with E-state index in [4.69, 9.17) is 9.47 Å². The number of aryl methyl sites for hydroxylation is 3. The topological polar surface area (TPSA) is 64.6 Å². The SMILES string of the molecule is Cc1cc(C)c(S(=O)(=O)Nc2cccc(OC[C@H]3CCCO3)c2)c(C)c1. The van der Waals surface area contributed by atoms with Crippen molar-refractivity contribution in [3.63, 3.8) is 0 Å². The van der Waals surface area contributed by atoms with E-state index >= 15 is 0 Å². The molecule has 0 aromatic heterocycles. The van der Waals surface area contributed by atoms with Crippen LogP contribution in [0.3, 0.4) is 0 Å². The van der Waals surface area contributed by atoms with Gasteiger partial charge in [-0.15, -0.1) is 0 Å². The Balaban J connectivity index is 1.76. The summed E-state index contributed by atoms with van der Waals surface area (Å²) >= 11 is 0. The fourth-order valence-electron chi connectivity index (χ4n) is 3.41. The van der Waals surface area contributed by atoms with E-state index < -0.39 is 10.0 Å². The van der Waals surface area contributed by atoms with Crippen LogP contribution in [0.1, 0.15) is 29.5 Å². The Morgan fingerprint density at radius 1 is 1.15 bits per heavy atom. The molecule has 3 rings (SSSR count). The van der Waals surface area contributed by atoms with Gasteiger partial charge in [0.1, 0.15) is 12.4 Å². The maximum atomic E-state index is 12.9. The third kappa shape index (κ3) is 4.37. The Morgan fingerprint density at radius 2 is 1.88 bits per heavy atom. The molecule has 1 fully saturated rings. The molecule has 140 valence electrons. The summed E-state index contributed by atoms with van der Waals surface area (Å²) in [5, 5.41) is 0. The molecular formula is C20H25NO4S. The summed E-state index contributed by atoms with van der Waals surface area (Å²) in [6, 6.07) is 10.8. The van der Waals surface area contributed by atoms with E-state index in [0.717, 1.165) is 36.1 Å². The van der Waals surface area contributed by atoms with E-state index in [-0.39, 0.29) is 6.10 Å². The molecule has 5 nitrogen and oxygen atoms in total. The van der Waals surface area contributed by atoms with Crippen molar-refractivity contribution in [2.24, 2.45) is 0 Å². The predicted octanol–water partition coefficient (Wildman–Crippen LogP) is 3.97. The molecule has 1 N–H and O–H groups in total. The Labute approximate surface area is 155 Å². The number of hydrogen-bond acceptors (Lipinski definition) is 4. The van der Waals surface area contributed by atoms with E-state index in [9.17, 15) is 8.42 Å². The summed E-state index contributed by atoms with van der Waals surface area (Å²) < 4.78 is 39.7. The largest absolute Gasteiger partial charge is 0.491 e. The minimum absolute atomic E-state index is 0.119. The lowest BCUT2D eigenvalue weighted by molar-refractivity contribution is 0.0680. The molecule has 6 heteroatoms. The van der Waals surface area contributed by atoms with Gasteiger partial charge in [-0.3, -0.25) is 4.72 Å². The molecule has 0 aliphatic carbocycles. The Hall–Kier alpha value is -2.05. The van der Waals surface area contributed by atoms with E-state index in [1.165, 1.54) is 0 Å². The summed E-state index contributed by atoms with van der Waals surface area (Å²) in [5.41, 5.74) is 3.00. The summed E-state index contributed by atoms with van der Waals surface area (Å²) in [5.74, 6) is 0.623. The van der Waals surface area contributed by atoms with Crippen molar-refractivity contribution in [1.29, 1.82) is 0 Å². The van der Waals surface area contributed by atoms with Gasteiger partial charge in [0, 0.05) is 12.7 Å². The van der Waals surface area contributed by atoms with Crippen LogP contribution in [0.2, 0.25) is 0 Å². The first-order valence-corrected chi connectivity index (χ1v) is 10.3. The fraction of sp³-hybridized carbons (Fsp3) is 0.400. The Kier molecular flexibility index (Phi) is 5.53. The number of ether oxygens (including phenoxy) is 2. The average molecular weight is 375 g/mol.